The number of amides is 1. The topological polar surface area (TPSA) is 51.3 Å². The lowest BCUT2D eigenvalue weighted by atomic mass is 10.1. The second kappa shape index (κ2) is 5.73. The van der Waals surface area contributed by atoms with Gasteiger partial charge in [-0.2, -0.15) is 5.10 Å². The molecule has 0 radical (unpaired) electrons. The first-order chi connectivity index (χ1) is 9.08. The molecule has 0 fully saturated rings. The quantitative estimate of drug-likeness (QED) is 0.828. The zero-order valence-corrected chi connectivity index (χ0v) is 11.5. The maximum atomic E-state index is 12.2. The van der Waals surface area contributed by atoms with Crippen molar-refractivity contribution in [2.45, 2.75) is 25.8 Å². The highest BCUT2D eigenvalue weighted by Crippen LogP contribution is 2.12. The van der Waals surface area contributed by atoms with Crippen molar-refractivity contribution >= 4 is 5.91 Å². The van der Waals surface area contributed by atoms with Gasteiger partial charge in [0.25, 0.3) is 5.91 Å². The lowest BCUT2D eigenvalue weighted by Crippen LogP contribution is -2.35. The van der Waals surface area contributed by atoms with E-state index < -0.39 is 0 Å². The summed E-state index contributed by atoms with van der Waals surface area (Å²) in [6.07, 6.45) is 6.70. The zero-order chi connectivity index (χ0) is 13.8. The molecule has 0 aromatic carbocycles. The van der Waals surface area contributed by atoms with E-state index in [4.69, 9.17) is 4.42 Å². The Labute approximate surface area is 112 Å². The maximum absolute atomic E-state index is 12.2. The van der Waals surface area contributed by atoms with Crippen LogP contribution in [0.3, 0.4) is 0 Å². The Bertz CT molecular complexity index is 531. The molecule has 0 saturated carbocycles. The van der Waals surface area contributed by atoms with Gasteiger partial charge in [-0.25, -0.2) is 0 Å². The van der Waals surface area contributed by atoms with E-state index in [-0.39, 0.29) is 11.9 Å². The SMILES string of the molecule is CC(CCc1ccco1)N(C)C(=O)c1cnn(C)c1. The number of nitrogens with zero attached hydrogens (tertiary/aromatic N) is 3. The summed E-state index contributed by atoms with van der Waals surface area (Å²) in [7, 11) is 3.62. The monoisotopic (exact) mass is 261 g/mol. The molecule has 19 heavy (non-hydrogen) atoms. The third-order valence-electron chi connectivity index (χ3n) is 3.32. The summed E-state index contributed by atoms with van der Waals surface area (Å²) in [4.78, 5) is 14.0. The fraction of sp³-hybridized carbons (Fsp3) is 0.429. The third-order valence-corrected chi connectivity index (χ3v) is 3.32. The average molecular weight is 261 g/mol. The molecule has 0 bridgehead atoms. The Balaban J connectivity index is 1.91. The van der Waals surface area contributed by atoms with E-state index in [1.54, 1.807) is 35.3 Å². The van der Waals surface area contributed by atoms with Crippen LogP contribution in [0.5, 0.6) is 0 Å². The lowest BCUT2D eigenvalue weighted by molar-refractivity contribution is 0.0736. The van der Waals surface area contributed by atoms with Crippen molar-refractivity contribution in [1.29, 1.82) is 0 Å². The molecular formula is C14H19N3O2. The molecule has 0 spiro atoms. The second-order valence-electron chi connectivity index (χ2n) is 4.79. The van der Waals surface area contributed by atoms with E-state index >= 15 is 0 Å². The van der Waals surface area contributed by atoms with Gasteiger partial charge in [0.2, 0.25) is 0 Å². The smallest absolute Gasteiger partial charge is 0.257 e. The number of aromatic nitrogens is 2. The van der Waals surface area contributed by atoms with Crippen LogP contribution in [0.4, 0.5) is 0 Å². The van der Waals surface area contributed by atoms with Crippen LogP contribution in [-0.2, 0) is 13.5 Å². The fourth-order valence-corrected chi connectivity index (χ4v) is 1.94. The molecule has 0 saturated heterocycles. The van der Waals surface area contributed by atoms with Crippen LogP contribution in [0.15, 0.2) is 35.2 Å². The molecule has 0 aliphatic carbocycles. The van der Waals surface area contributed by atoms with E-state index in [1.165, 1.54) is 0 Å². The number of furan rings is 1. The second-order valence-corrected chi connectivity index (χ2v) is 4.79. The Morgan fingerprint density at radius 3 is 2.95 bits per heavy atom. The highest BCUT2D eigenvalue weighted by molar-refractivity contribution is 5.93. The standard InChI is InChI=1S/C14H19N3O2/c1-11(6-7-13-5-4-8-19-13)17(3)14(18)12-9-15-16(2)10-12/h4-5,8-11H,6-7H2,1-3H3. The number of carbonyl (C=O) groups excluding carboxylic acids is 1. The van der Waals surface area contributed by atoms with Crippen LogP contribution in [0.25, 0.3) is 0 Å². The van der Waals surface area contributed by atoms with E-state index in [2.05, 4.69) is 5.10 Å². The van der Waals surface area contributed by atoms with Gasteiger partial charge in [0, 0.05) is 32.8 Å². The maximum Gasteiger partial charge on any atom is 0.257 e. The molecule has 1 unspecified atom stereocenters. The van der Waals surface area contributed by atoms with Crippen LogP contribution < -0.4 is 0 Å². The summed E-state index contributed by atoms with van der Waals surface area (Å²) in [5.74, 6) is 0.953. The van der Waals surface area contributed by atoms with Crippen molar-refractivity contribution in [3.8, 4) is 0 Å². The van der Waals surface area contributed by atoms with Gasteiger partial charge in [0.15, 0.2) is 0 Å². The Morgan fingerprint density at radius 2 is 2.37 bits per heavy atom. The molecule has 2 aromatic heterocycles. The van der Waals surface area contributed by atoms with Crippen molar-refractivity contribution in [2.24, 2.45) is 7.05 Å². The van der Waals surface area contributed by atoms with Crippen molar-refractivity contribution < 1.29 is 9.21 Å². The molecule has 2 heterocycles. The molecule has 102 valence electrons. The van der Waals surface area contributed by atoms with Gasteiger partial charge in [-0.3, -0.25) is 9.48 Å². The van der Waals surface area contributed by atoms with Crippen LogP contribution in [0, 0.1) is 0 Å². The molecule has 1 atom stereocenters. The number of hydrogen-bond acceptors (Lipinski definition) is 3. The van der Waals surface area contributed by atoms with Gasteiger partial charge < -0.3 is 9.32 Å². The number of aryl methyl sites for hydroxylation is 2. The summed E-state index contributed by atoms with van der Waals surface area (Å²) in [5, 5.41) is 4.02. The molecule has 2 aromatic rings. The van der Waals surface area contributed by atoms with Gasteiger partial charge in [0.1, 0.15) is 5.76 Å². The Hall–Kier alpha value is -2.04. The number of hydrogen-bond donors (Lipinski definition) is 0. The van der Waals surface area contributed by atoms with E-state index in [1.807, 2.05) is 26.1 Å². The first-order valence-electron chi connectivity index (χ1n) is 6.36. The first kappa shape index (κ1) is 13.4. The van der Waals surface area contributed by atoms with Gasteiger partial charge >= 0.3 is 0 Å². The van der Waals surface area contributed by atoms with Crippen LogP contribution >= 0.6 is 0 Å². The summed E-state index contributed by atoms with van der Waals surface area (Å²) in [6.45, 7) is 2.04. The van der Waals surface area contributed by atoms with E-state index in [0.717, 1.165) is 18.6 Å². The summed E-state index contributed by atoms with van der Waals surface area (Å²) in [6, 6.07) is 3.98. The van der Waals surface area contributed by atoms with Crippen molar-refractivity contribution in [2.75, 3.05) is 7.05 Å². The van der Waals surface area contributed by atoms with Crippen LogP contribution in [-0.4, -0.2) is 33.7 Å². The molecular weight excluding hydrogens is 242 g/mol. The van der Waals surface area contributed by atoms with Crippen LogP contribution in [0.2, 0.25) is 0 Å². The third kappa shape index (κ3) is 3.24. The minimum Gasteiger partial charge on any atom is -0.469 e. The molecule has 5 heteroatoms. The molecule has 0 aliphatic heterocycles. The highest BCUT2D eigenvalue weighted by atomic mass is 16.3. The molecule has 0 aliphatic rings. The van der Waals surface area contributed by atoms with Gasteiger partial charge in [-0.15, -0.1) is 0 Å². The summed E-state index contributed by atoms with van der Waals surface area (Å²) < 4.78 is 6.93. The highest BCUT2D eigenvalue weighted by Gasteiger charge is 2.18. The Kier molecular flexibility index (Phi) is 4.04. The van der Waals surface area contributed by atoms with Crippen LogP contribution in [0.1, 0.15) is 29.5 Å². The lowest BCUT2D eigenvalue weighted by Gasteiger charge is -2.24. The summed E-state index contributed by atoms with van der Waals surface area (Å²) in [5.41, 5.74) is 0.620. The number of carbonyl (C=O) groups is 1. The predicted octanol–water partition coefficient (Wildman–Crippen LogP) is 2.11. The zero-order valence-electron chi connectivity index (χ0n) is 11.5. The summed E-state index contributed by atoms with van der Waals surface area (Å²) >= 11 is 0. The van der Waals surface area contributed by atoms with Crippen molar-refractivity contribution in [1.82, 2.24) is 14.7 Å². The number of rotatable bonds is 5. The minimum atomic E-state index is 0.0000416. The first-order valence-corrected chi connectivity index (χ1v) is 6.36. The molecule has 2 rings (SSSR count). The van der Waals surface area contributed by atoms with Crippen molar-refractivity contribution in [3.05, 3.63) is 42.1 Å². The van der Waals surface area contributed by atoms with Gasteiger partial charge in [-0.05, 0) is 25.5 Å². The molecule has 5 nitrogen and oxygen atoms in total. The normalized spacial score (nSPS) is 12.4. The van der Waals surface area contributed by atoms with E-state index in [9.17, 15) is 4.79 Å². The average Bonchev–Trinajstić information content (AvgIpc) is 3.05. The molecule has 1 amide bonds. The van der Waals surface area contributed by atoms with E-state index in [0.29, 0.717) is 5.56 Å². The largest absolute Gasteiger partial charge is 0.469 e. The molecule has 0 N–H and O–H groups in total. The fourth-order valence-electron chi connectivity index (χ4n) is 1.94. The van der Waals surface area contributed by atoms with Gasteiger partial charge in [0.05, 0.1) is 18.0 Å². The predicted molar refractivity (Wildman–Crippen MR) is 71.8 cm³/mol. The minimum absolute atomic E-state index is 0.0000416. The van der Waals surface area contributed by atoms with Gasteiger partial charge in [-0.1, -0.05) is 0 Å². The van der Waals surface area contributed by atoms with Crippen molar-refractivity contribution in [3.63, 3.8) is 0 Å². The Morgan fingerprint density at radius 1 is 1.58 bits per heavy atom.